The van der Waals surface area contributed by atoms with Crippen LogP contribution in [0.5, 0.6) is 0 Å². The Morgan fingerprint density at radius 1 is 1.19 bits per heavy atom. The van der Waals surface area contributed by atoms with E-state index in [4.69, 9.17) is 0 Å². The second-order valence-electron chi connectivity index (χ2n) is 3.82. The van der Waals surface area contributed by atoms with Crippen molar-refractivity contribution in [3.63, 3.8) is 0 Å². The fourth-order valence-electron chi connectivity index (χ4n) is 1.75. The molecule has 0 aliphatic carbocycles. The highest BCUT2D eigenvalue weighted by molar-refractivity contribution is 5.25. The molecule has 16 heavy (non-hydrogen) atoms. The molecule has 1 aromatic rings. The highest BCUT2D eigenvalue weighted by Gasteiger charge is 2.35. The van der Waals surface area contributed by atoms with Crippen molar-refractivity contribution < 1.29 is 10.2 Å². The van der Waals surface area contributed by atoms with Crippen LogP contribution in [0, 0.1) is 0 Å². The van der Waals surface area contributed by atoms with Crippen LogP contribution in [0.25, 0.3) is 0 Å². The van der Waals surface area contributed by atoms with E-state index in [1.807, 2.05) is 18.2 Å². The van der Waals surface area contributed by atoms with Crippen molar-refractivity contribution in [3.8, 4) is 0 Å². The lowest BCUT2D eigenvalue weighted by Gasteiger charge is -2.32. The fourth-order valence-corrected chi connectivity index (χ4v) is 1.75. The highest BCUT2D eigenvalue weighted by Crippen LogP contribution is 2.30. The van der Waals surface area contributed by atoms with Crippen molar-refractivity contribution in [3.05, 3.63) is 61.2 Å². The van der Waals surface area contributed by atoms with E-state index in [0.717, 1.165) is 0 Å². The molecule has 0 radical (unpaired) electrons. The van der Waals surface area contributed by atoms with Crippen LogP contribution in [0.3, 0.4) is 0 Å². The Morgan fingerprint density at radius 2 is 1.81 bits per heavy atom. The average molecular weight is 218 g/mol. The second-order valence-corrected chi connectivity index (χ2v) is 3.82. The summed E-state index contributed by atoms with van der Waals surface area (Å²) in [5.41, 5.74) is -0.582. The minimum atomic E-state index is -1.28. The van der Waals surface area contributed by atoms with Gasteiger partial charge in [0.1, 0.15) is 5.60 Å². The molecule has 2 N–H and O–H groups in total. The Balaban J connectivity index is 3.05. The molecule has 86 valence electrons. The van der Waals surface area contributed by atoms with Crippen LogP contribution in [0.4, 0.5) is 0 Å². The number of hydrogen-bond acceptors (Lipinski definition) is 2. The van der Waals surface area contributed by atoms with E-state index >= 15 is 0 Å². The van der Waals surface area contributed by atoms with Crippen LogP contribution < -0.4 is 0 Å². The third-order valence-electron chi connectivity index (χ3n) is 2.67. The number of aliphatic hydroxyl groups excluding tert-OH is 1. The Labute approximate surface area is 96.6 Å². The van der Waals surface area contributed by atoms with Crippen LogP contribution in [-0.4, -0.2) is 16.3 Å². The topological polar surface area (TPSA) is 40.5 Å². The molecule has 0 aliphatic heterocycles. The van der Waals surface area contributed by atoms with Crippen LogP contribution >= 0.6 is 0 Å². The second kappa shape index (κ2) is 5.64. The third-order valence-corrected chi connectivity index (χ3v) is 2.67. The summed E-state index contributed by atoms with van der Waals surface area (Å²) in [5.74, 6) is 0. The molecular formula is C14H18O2. The summed E-state index contributed by atoms with van der Waals surface area (Å²) >= 11 is 0. The van der Waals surface area contributed by atoms with Gasteiger partial charge in [-0.25, -0.2) is 0 Å². The van der Waals surface area contributed by atoms with E-state index in [0.29, 0.717) is 18.4 Å². The molecule has 0 saturated carbocycles. The van der Waals surface area contributed by atoms with Gasteiger partial charge in [0.25, 0.3) is 0 Å². The minimum Gasteiger partial charge on any atom is -0.389 e. The average Bonchev–Trinajstić information content (AvgIpc) is 2.30. The third kappa shape index (κ3) is 2.60. The molecule has 0 amide bonds. The van der Waals surface area contributed by atoms with Gasteiger partial charge in [0.2, 0.25) is 0 Å². The number of rotatable bonds is 6. The first kappa shape index (κ1) is 12.7. The van der Waals surface area contributed by atoms with E-state index in [1.54, 1.807) is 24.3 Å². The Hall–Kier alpha value is -1.38. The summed E-state index contributed by atoms with van der Waals surface area (Å²) in [4.78, 5) is 0. The lowest BCUT2D eigenvalue weighted by atomic mass is 9.84. The monoisotopic (exact) mass is 218 g/mol. The van der Waals surface area contributed by atoms with Crippen LogP contribution in [-0.2, 0) is 5.60 Å². The first-order valence-corrected chi connectivity index (χ1v) is 5.33. The predicted octanol–water partition coefficient (Wildman–Crippen LogP) is 2.39. The SMILES string of the molecule is C=CC[C@@H](O)[C@@](O)(CC=C)c1ccccc1. The van der Waals surface area contributed by atoms with Crippen molar-refractivity contribution in [1.29, 1.82) is 0 Å². The molecule has 0 spiro atoms. The summed E-state index contributed by atoms with van der Waals surface area (Å²) in [6.45, 7) is 7.19. The normalized spacial score (nSPS) is 16.1. The number of aliphatic hydroxyl groups is 2. The van der Waals surface area contributed by atoms with Gasteiger partial charge >= 0.3 is 0 Å². The zero-order chi connectivity index (χ0) is 12.0. The Bertz CT molecular complexity index is 345. The molecular weight excluding hydrogens is 200 g/mol. The summed E-state index contributed by atoms with van der Waals surface area (Å²) in [6.07, 6.45) is 3.00. The molecule has 2 nitrogen and oxygen atoms in total. The maximum atomic E-state index is 10.5. The summed E-state index contributed by atoms with van der Waals surface area (Å²) in [6, 6.07) is 9.15. The van der Waals surface area contributed by atoms with Gasteiger partial charge in [0.15, 0.2) is 0 Å². The van der Waals surface area contributed by atoms with Gasteiger partial charge in [-0.15, -0.1) is 13.2 Å². The van der Waals surface area contributed by atoms with E-state index in [1.165, 1.54) is 0 Å². The molecule has 1 rings (SSSR count). The molecule has 1 aromatic carbocycles. The van der Waals surface area contributed by atoms with E-state index in [9.17, 15) is 10.2 Å². The number of benzene rings is 1. The van der Waals surface area contributed by atoms with Gasteiger partial charge in [-0.1, -0.05) is 42.5 Å². The quantitative estimate of drug-likeness (QED) is 0.720. The van der Waals surface area contributed by atoms with Gasteiger partial charge in [-0.05, 0) is 12.0 Å². The zero-order valence-corrected chi connectivity index (χ0v) is 9.34. The van der Waals surface area contributed by atoms with Gasteiger partial charge < -0.3 is 10.2 Å². The molecule has 0 saturated heterocycles. The van der Waals surface area contributed by atoms with Gasteiger partial charge in [0.05, 0.1) is 6.10 Å². The standard InChI is InChI=1S/C14H18O2/c1-3-8-13(15)14(16,11-4-2)12-9-6-5-7-10-12/h3-7,9-10,13,15-16H,1-2,8,11H2/t13-,14-/m1/s1. The molecule has 0 bridgehead atoms. The molecule has 2 heteroatoms. The first-order chi connectivity index (χ1) is 7.65. The molecule has 0 heterocycles. The van der Waals surface area contributed by atoms with Crippen molar-refractivity contribution >= 4 is 0 Å². The van der Waals surface area contributed by atoms with Crippen LogP contribution in [0.15, 0.2) is 55.6 Å². The van der Waals surface area contributed by atoms with E-state index < -0.39 is 11.7 Å². The predicted molar refractivity (Wildman–Crippen MR) is 66.0 cm³/mol. The summed E-state index contributed by atoms with van der Waals surface area (Å²) in [7, 11) is 0. The van der Waals surface area contributed by atoms with Gasteiger partial charge in [-0.3, -0.25) is 0 Å². The van der Waals surface area contributed by atoms with E-state index in [2.05, 4.69) is 13.2 Å². The van der Waals surface area contributed by atoms with E-state index in [-0.39, 0.29) is 0 Å². The van der Waals surface area contributed by atoms with Crippen molar-refractivity contribution in [1.82, 2.24) is 0 Å². The first-order valence-electron chi connectivity index (χ1n) is 5.33. The van der Waals surface area contributed by atoms with Crippen molar-refractivity contribution in [2.75, 3.05) is 0 Å². The Kier molecular flexibility index (Phi) is 4.47. The van der Waals surface area contributed by atoms with Crippen LogP contribution in [0.2, 0.25) is 0 Å². The van der Waals surface area contributed by atoms with Crippen molar-refractivity contribution in [2.45, 2.75) is 24.5 Å². The molecule has 0 unspecified atom stereocenters. The zero-order valence-electron chi connectivity index (χ0n) is 9.34. The smallest absolute Gasteiger partial charge is 0.119 e. The maximum absolute atomic E-state index is 10.5. The van der Waals surface area contributed by atoms with Gasteiger partial charge in [0, 0.05) is 6.42 Å². The molecule has 0 aromatic heterocycles. The summed E-state index contributed by atoms with van der Waals surface area (Å²) in [5, 5.41) is 20.5. The number of hydrogen-bond donors (Lipinski definition) is 2. The highest BCUT2D eigenvalue weighted by atomic mass is 16.3. The van der Waals surface area contributed by atoms with Gasteiger partial charge in [-0.2, -0.15) is 0 Å². The molecule has 0 fully saturated rings. The van der Waals surface area contributed by atoms with Crippen molar-refractivity contribution in [2.24, 2.45) is 0 Å². The lowest BCUT2D eigenvalue weighted by molar-refractivity contribution is -0.0766. The van der Waals surface area contributed by atoms with Crippen LogP contribution in [0.1, 0.15) is 18.4 Å². The fraction of sp³-hybridized carbons (Fsp3) is 0.286. The lowest BCUT2D eigenvalue weighted by Crippen LogP contribution is -2.38. The maximum Gasteiger partial charge on any atom is 0.119 e. The molecule has 2 atom stereocenters. The minimum absolute atomic E-state index is 0.312. The largest absolute Gasteiger partial charge is 0.389 e. The summed E-state index contributed by atoms with van der Waals surface area (Å²) < 4.78 is 0. The molecule has 0 aliphatic rings. The Morgan fingerprint density at radius 3 is 2.31 bits per heavy atom.